The van der Waals surface area contributed by atoms with Crippen LogP contribution in [0.25, 0.3) is 22.7 Å². The van der Waals surface area contributed by atoms with Crippen LogP contribution in [0.3, 0.4) is 0 Å². The van der Waals surface area contributed by atoms with Crippen LogP contribution in [0.5, 0.6) is 0 Å². The second kappa shape index (κ2) is 9.24. The normalized spacial score (nSPS) is 11.9. The number of nitrogens with one attached hydrogen (secondary N) is 1. The molecule has 5 rings (SSSR count). The summed E-state index contributed by atoms with van der Waals surface area (Å²) in [4.78, 5) is 39.5. The number of ether oxygens (including phenoxy) is 1. The van der Waals surface area contributed by atoms with Crippen molar-refractivity contribution < 1.29 is 14.3 Å². The van der Waals surface area contributed by atoms with Gasteiger partial charge in [-0.2, -0.15) is 0 Å². The van der Waals surface area contributed by atoms with Crippen LogP contribution in [-0.4, -0.2) is 23.6 Å². The largest absolute Gasteiger partial charge is 0.464 e. The molecule has 0 saturated heterocycles. The number of hydrogen-bond donors (Lipinski definition) is 1. The van der Waals surface area contributed by atoms with E-state index in [1.54, 1.807) is 28.8 Å². The molecule has 7 heteroatoms. The van der Waals surface area contributed by atoms with E-state index < -0.39 is 5.97 Å². The maximum Gasteiger partial charge on any atom is 0.355 e. The Morgan fingerprint density at radius 2 is 1.86 bits per heavy atom. The highest BCUT2D eigenvalue weighted by molar-refractivity contribution is 6.31. The zero-order valence-corrected chi connectivity index (χ0v) is 19.6. The Kier molecular flexibility index (Phi) is 5.97. The lowest BCUT2D eigenvalue weighted by Gasteiger charge is -2.20. The lowest BCUT2D eigenvalue weighted by atomic mass is 10.0. The summed E-state index contributed by atoms with van der Waals surface area (Å²) in [5.74, 6) is -1.03. The van der Waals surface area contributed by atoms with Crippen LogP contribution in [0.2, 0.25) is 5.02 Å². The molecule has 1 N–H and O–H groups in total. The Balaban J connectivity index is 1.64. The highest BCUT2D eigenvalue weighted by Gasteiger charge is 2.25. The highest BCUT2D eigenvalue weighted by Crippen LogP contribution is 2.26. The van der Waals surface area contributed by atoms with Crippen molar-refractivity contribution in [2.75, 3.05) is 7.11 Å². The average molecular weight is 485 g/mol. The predicted octanol–water partition coefficient (Wildman–Crippen LogP) is 4.93. The van der Waals surface area contributed by atoms with E-state index in [1.807, 2.05) is 54.6 Å². The van der Waals surface area contributed by atoms with Crippen molar-refractivity contribution in [1.29, 1.82) is 0 Å². The lowest BCUT2D eigenvalue weighted by Crippen LogP contribution is -2.31. The quantitative estimate of drug-likeness (QED) is 0.407. The van der Waals surface area contributed by atoms with Gasteiger partial charge in [0.1, 0.15) is 5.69 Å². The molecule has 0 radical (unpaired) electrons. The van der Waals surface area contributed by atoms with Gasteiger partial charge in [0, 0.05) is 28.2 Å². The van der Waals surface area contributed by atoms with Crippen molar-refractivity contribution in [3.05, 3.63) is 116 Å². The number of esters is 1. The number of halogens is 1. The molecule has 0 spiro atoms. The van der Waals surface area contributed by atoms with E-state index in [2.05, 4.69) is 5.32 Å². The Morgan fingerprint density at radius 1 is 1.06 bits per heavy atom. The summed E-state index contributed by atoms with van der Waals surface area (Å²) in [6, 6.07) is 19.5. The SMILES string of the molecule is COC(=O)c1c(CNC(=O)c2ccc3c(c2)CC=C3)c(=O)c2ccc(Cl)cc2n1-c1ccccc1. The minimum Gasteiger partial charge on any atom is -0.464 e. The van der Waals surface area contributed by atoms with Crippen LogP contribution in [0.15, 0.2) is 77.6 Å². The van der Waals surface area contributed by atoms with Crippen molar-refractivity contribution in [1.82, 2.24) is 9.88 Å². The smallest absolute Gasteiger partial charge is 0.355 e. The summed E-state index contributed by atoms with van der Waals surface area (Å²) in [5.41, 5.74) is 3.57. The van der Waals surface area contributed by atoms with E-state index in [0.717, 1.165) is 17.5 Å². The zero-order chi connectivity index (χ0) is 24.5. The molecule has 35 heavy (non-hydrogen) atoms. The molecule has 3 aromatic carbocycles. The van der Waals surface area contributed by atoms with E-state index in [1.165, 1.54) is 7.11 Å². The molecular weight excluding hydrogens is 464 g/mol. The summed E-state index contributed by atoms with van der Waals surface area (Å²) in [5, 5.41) is 3.61. The second-order valence-corrected chi connectivity index (χ2v) is 8.62. The molecule has 1 aromatic heterocycles. The standard InChI is InChI=1S/C28H21ClN2O4/c1-35-28(34)25-23(16-30-27(33)19-11-10-17-6-5-7-18(17)14-19)26(32)22-13-12-20(29)15-24(22)31(25)21-8-3-2-4-9-21/h2-6,8-15H,7,16H2,1H3,(H,30,33). The van der Waals surface area contributed by atoms with Gasteiger partial charge < -0.3 is 14.6 Å². The second-order valence-electron chi connectivity index (χ2n) is 8.18. The van der Waals surface area contributed by atoms with Crippen LogP contribution < -0.4 is 10.7 Å². The highest BCUT2D eigenvalue weighted by atomic mass is 35.5. The first-order chi connectivity index (χ1) is 17.0. The summed E-state index contributed by atoms with van der Waals surface area (Å²) < 4.78 is 6.71. The van der Waals surface area contributed by atoms with E-state index in [9.17, 15) is 14.4 Å². The van der Waals surface area contributed by atoms with E-state index in [4.69, 9.17) is 16.3 Å². The maximum absolute atomic E-state index is 13.5. The van der Waals surface area contributed by atoms with Crippen LogP contribution in [0, 0.1) is 0 Å². The molecule has 0 aliphatic heterocycles. The number of pyridine rings is 1. The molecule has 1 aliphatic rings. The lowest BCUT2D eigenvalue weighted by molar-refractivity contribution is 0.0589. The molecule has 1 amide bonds. The fourth-order valence-electron chi connectivity index (χ4n) is 4.40. The fourth-order valence-corrected chi connectivity index (χ4v) is 4.56. The molecular formula is C28H21ClN2O4. The summed E-state index contributed by atoms with van der Waals surface area (Å²) in [6.07, 6.45) is 4.84. The van der Waals surface area contributed by atoms with Crippen LogP contribution in [-0.2, 0) is 17.7 Å². The monoisotopic (exact) mass is 484 g/mol. The number of nitrogens with zero attached hydrogens (tertiary/aromatic N) is 1. The molecule has 0 bridgehead atoms. The third-order valence-electron chi connectivity index (χ3n) is 6.09. The molecule has 174 valence electrons. The number of allylic oxidation sites excluding steroid dienone is 1. The number of benzene rings is 3. The third kappa shape index (κ3) is 4.13. The zero-order valence-electron chi connectivity index (χ0n) is 18.9. The number of amides is 1. The van der Waals surface area contributed by atoms with Crippen LogP contribution in [0.1, 0.15) is 37.5 Å². The van der Waals surface area contributed by atoms with Crippen LogP contribution >= 0.6 is 11.6 Å². The van der Waals surface area contributed by atoms with Crippen molar-refractivity contribution in [3.8, 4) is 5.69 Å². The van der Waals surface area contributed by atoms with Gasteiger partial charge in [0.25, 0.3) is 5.91 Å². The van der Waals surface area contributed by atoms with Gasteiger partial charge in [-0.1, -0.05) is 48.0 Å². The topological polar surface area (TPSA) is 77.4 Å². The molecule has 0 fully saturated rings. The fraction of sp³-hybridized carbons (Fsp3) is 0.107. The molecule has 0 unspecified atom stereocenters. The molecule has 4 aromatic rings. The van der Waals surface area contributed by atoms with Gasteiger partial charge in [-0.3, -0.25) is 9.59 Å². The first kappa shape index (κ1) is 22.6. The third-order valence-corrected chi connectivity index (χ3v) is 6.32. The number of carbonyl (C=O) groups is 2. The summed E-state index contributed by atoms with van der Waals surface area (Å²) in [6.45, 7) is -0.150. The number of methoxy groups -OCH3 is 1. The average Bonchev–Trinajstić information content (AvgIpc) is 3.35. The van der Waals surface area contributed by atoms with Gasteiger partial charge in [-0.05, 0) is 60.0 Å². The Morgan fingerprint density at radius 3 is 2.63 bits per heavy atom. The Labute approximate surface area is 206 Å². The summed E-state index contributed by atoms with van der Waals surface area (Å²) in [7, 11) is 1.26. The van der Waals surface area contributed by atoms with Gasteiger partial charge in [0.05, 0.1) is 18.2 Å². The van der Waals surface area contributed by atoms with E-state index in [0.29, 0.717) is 27.2 Å². The number of aromatic nitrogens is 1. The van der Waals surface area contributed by atoms with E-state index >= 15 is 0 Å². The van der Waals surface area contributed by atoms with Crippen molar-refractivity contribution in [3.63, 3.8) is 0 Å². The predicted molar refractivity (Wildman–Crippen MR) is 136 cm³/mol. The molecule has 0 saturated carbocycles. The molecule has 1 heterocycles. The van der Waals surface area contributed by atoms with E-state index in [-0.39, 0.29) is 29.1 Å². The Bertz CT molecular complexity index is 1570. The first-order valence-corrected chi connectivity index (χ1v) is 11.4. The van der Waals surface area contributed by atoms with Gasteiger partial charge in [-0.25, -0.2) is 4.79 Å². The van der Waals surface area contributed by atoms with Gasteiger partial charge in [-0.15, -0.1) is 0 Å². The number of fused-ring (bicyclic) bond motifs is 2. The van der Waals surface area contributed by atoms with Crippen molar-refractivity contribution in [2.24, 2.45) is 0 Å². The van der Waals surface area contributed by atoms with Crippen molar-refractivity contribution >= 4 is 40.5 Å². The molecule has 1 aliphatic carbocycles. The number of rotatable bonds is 5. The van der Waals surface area contributed by atoms with Crippen molar-refractivity contribution in [2.45, 2.75) is 13.0 Å². The first-order valence-electron chi connectivity index (χ1n) is 11.1. The number of carbonyl (C=O) groups excluding carboxylic acids is 2. The number of hydrogen-bond acceptors (Lipinski definition) is 4. The van der Waals surface area contributed by atoms with Crippen LogP contribution in [0.4, 0.5) is 0 Å². The Hall–Kier alpha value is -4.16. The minimum absolute atomic E-state index is 0.0388. The molecule has 0 atom stereocenters. The summed E-state index contributed by atoms with van der Waals surface area (Å²) >= 11 is 6.25. The van der Waals surface area contributed by atoms with Gasteiger partial charge in [0.15, 0.2) is 5.43 Å². The minimum atomic E-state index is -0.694. The van der Waals surface area contributed by atoms with Gasteiger partial charge in [0.2, 0.25) is 0 Å². The van der Waals surface area contributed by atoms with Gasteiger partial charge >= 0.3 is 5.97 Å². The number of para-hydroxylation sites is 1. The maximum atomic E-state index is 13.5. The molecule has 6 nitrogen and oxygen atoms in total.